The summed E-state index contributed by atoms with van der Waals surface area (Å²) in [5, 5.41) is 0.923. The van der Waals surface area contributed by atoms with E-state index in [0.29, 0.717) is 27.6 Å². The zero-order valence-corrected chi connectivity index (χ0v) is 13.0. The number of nitrogens with zero attached hydrogens (tertiary/aromatic N) is 2. The lowest BCUT2D eigenvalue weighted by molar-refractivity contribution is 0.0742. The molecule has 1 aromatic rings. The second-order valence-electron chi connectivity index (χ2n) is 5.88. The molecule has 0 spiro atoms. The van der Waals surface area contributed by atoms with Crippen LogP contribution >= 0.6 is 23.2 Å². The number of hydrogen-bond donors (Lipinski definition) is 0. The Kier molecular flexibility index (Phi) is 3.93. The third-order valence-corrected chi connectivity index (χ3v) is 5.18. The van der Waals surface area contributed by atoms with Crippen LogP contribution in [-0.2, 0) is 0 Å². The van der Waals surface area contributed by atoms with Crippen LogP contribution in [0.5, 0.6) is 0 Å². The largest absolute Gasteiger partial charge is 0.337 e. The lowest BCUT2D eigenvalue weighted by Crippen LogP contribution is -2.41. The highest BCUT2D eigenvalue weighted by Crippen LogP contribution is 2.28. The molecule has 3 nitrogen and oxygen atoms in total. The average molecular weight is 313 g/mol. The molecule has 0 saturated carbocycles. The zero-order valence-electron chi connectivity index (χ0n) is 11.5. The van der Waals surface area contributed by atoms with Gasteiger partial charge < -0.3 is 9.80 Å². The first-order chi connectivity index (χ1) is 9.54. The molecule has 1 amide bonds. The van der Waals surface area contributed by atoms with Crippen molar-refractivity contribution in [1.29, 1.82) is 0 Å². The van der Waals surface area contributed by atoms with Crippen LogP contribution in [0.15, 0.2) is 18.2 Å². The summed E-state index contributed by atoms with van der Waals surface area (Å²) in [7, 11) is 2.16. The molecule has 2 bridgehead atoms. The summed E-state index contributed by atoms with van der Waals surface area (Å²) < 4.78 is 0. The first-order valence-electron chi connectivity index (χ1n) is 6.99. The minimum absolute atomic E-state index is 0.0655. The number of carbonyl (C=O) groups is 1. The molecule has 5 heteroatoms. The molecule has 1 aromatic carbocycles. The molecule has 0 aliphatic carbocycles. The fourth-order valence-electron chi connectivity index (χ4n) is 3.29. The number of benzene rings is 1. The molecule has 0 N–H and O–H groups in total. The molecule has 4 rings (SSSR count). The van der Waals surface area contributed by atoms with Crippen LogP contribution in [0.4, 0.5) is 0 Å². The maximum absolute atomic E-state index is 12.6. The van der Waals surface area contributed by atoms with Gasteiger partial charge in [0, 0.05) is 31.2 Å². The van der Waals surface area contributed by atoms with E-state index in [0.717, 1.165) is 19.6 Å². The normalized spacial score (nSPS) is 26.6. The summed E-state index contributed by atoms with van der Waals surface area (Å²) in [6, 6.07) is 5.60. The van der Waals surface area contributed by atoms with Crippen LogP contribution in [0.25, 0.3) is 0 Å². The van der Waals surface area contributed by atoms with E-state index in [1.165, 1.54) is 12.8 Å². The molecule has 3 heterocycles. The van der Waals surface area contributed by atoms with E-state index >= 15 is 0 Å². The van der Waals surface area contributed by atoms with Gasteiger partial charge in [0.25, 0.3) is 5.91 Å². The summed E-state index contributed by atoms with van der Waals surface area (Å²) in [4.78, 5) is 17.0. The second-order valence-corrected chi connectivity index (χ2v) is 6.69. The van der Waals surface area contributed by atoms with Gasteiger partial charge in [-0.1, -0.05) is 23.2 Å². The average Bonchev–Trinajstić information content (AvgIpc) is 2.72. The Hall–Kier alpha value is -0.770. The summed E-state index contributed by atoms with van der Waals surface area (Å²) in [5.41, 5.74) is 0.628. The summed E-state index contributed by atoms with van der Waals surface area (Å²) >= 11 is 11.9. The van der Waals surface area contributed by atoms with Crippen LogP contribution in [0.1, 0.15) is 23.2 Å². The number of amides is 1. The highest BCUT2D eigenvalue weighted by molar-refractivity contribution is 6.42. The van der Waals surface area contributed by atoms with Gasteiger partial charge in [-0.05, 0) is 44.0 Å². The van der Waals surface area contributed by atoms with E-state index < -0.39 is 0 Å². The van der Waals surface area contributed by atoms with Gasteiger partial charge in [-0.2, -0.15) is 0 Å². The van der Waals surface area contributed by atoms with Gasteiger partial charge in [0.2, 0.25) is 0 Å². The fraction of sp³-hybridized carbons (Fsp3) is 0.533. The Morgan fingerprint density at radius 3 is 2.65 bits per heavy atom. The fourth-order valence-corrected chi connectivity index (χ4v) is 3.59. The van der Waals surface area contributed by atoms with Crippen LogP contribution < -0.4 is 0 Å². The van der Waals surface area contributed by atoms with Crippen molar-refractivity contribution in [2.45, 2.75) is 18.9 Å². The first-order valence-corrected chi connectivity index (χ1v) is 7.74. The minimum Gasteiger partial charge on any atom is -0.337 e. The Balaban J connectivity index is 1.81. The van der Waals surface area contributed by atoms with Gasteiger partial charge in [-0.25, -0.2) is 0 Å². The quantitative estimate of drug-likeness (QED) is 0.795. The van der Waals surface area contributed by atoms with Crippen molar-refractivity contribution in [2.24, 2.45) is 5.92 Å². The number of rotatable bonds is 1. The molecule has 108 valence electrons. The summed E-state index contributed by atoms with van der Waals surface area (Å²) in [6.07, 6.45) is 2.41. The van der Waals surface area contributed by atoms with Crippen molar-refractivity contribution in [3.05, 3.63) is 33.8 Å². The molecule has 0 radical (unpaired) electrons. The molecule has 0 aromatic heterocycles. The Morgan fingerprint density at radius 1 is 1.15 bits per heavy atom. The molecule has 3 fully saturated rings. The minimum atomic E-state index is 0.0655. The van der Waals surface area contributed by atoms with E-state index in [4.69, 9.17) is 23.2 Å². The van der Waals surface area contributed by atoms with Gasteiger partial charge in [-0.15, -0.1) is 0 Å². The van der Waals surface area contributed by atoms with E-state index in [9.17, 15) is 4.79 Å². The molecule has 20 heavy (non-hydrogen) atoms. The van der Waals surface area contributed by atoms with Gasteiger partial charge in [-0.3, -0.25) is 4.79 Å². The number of likely N-dealkylation sites (N-methyl/N-ethyl adjacent to an activating group) is 1. The number of fused-ring (bicyclic) bond motifs is 4. The number of halogens is 2. The molecular weight excluding hydrogens is 295 g/mol. The van der Waals surface area contributed by atoms with E-state index in [1.54, 1.807) is 18.2 Å². The molecule has 2 atom stereocenters. The Morgan fingerprint density at radius 2 is 1.95 bits per heavy atom. The lowest BCUT2D eigenvalue weighted by Gasteiger charge is -2.32. The third-order valence-electron chi connectivity index (χ3n) is 4.44. The molecular formula is C15H18Cl2N2O. The van der Waals surface area contributed by atoms with Crippen molar-refractivity contribution in [1.82, 2.24) is 9.80 Å². The van der Waals surface area contributed by atoms with Crippen LogP contribution in [-0.4, -0.2) is 48.4 Å². The van der Waals surface area contributed by atoms with Crippen LogP contribution in [0, 0.1) is 5.92 Å². The topological polar surface area (TPSA) is 23.6 Å². The predicted octanol–water partition coefficient (Wildman–Crippen LogP) is 3.16. The maximum Gasteiger partial charge on any atom is 0.253 e. The number of hydrogen-bond acceptors (Lipinski definition) is 2. The van der Waals surface area contributed by atoms with Gasteiger partial charge in [0.1, 0.15) is 0 Å². The van der Waals surface area contributed by atoms with E-state index in [-0.39, 0.29) is 5.91 Å². The third kappa shape index (κ3) is 2.67. The van der Waals surface area contributed by atoms with Crippen molar-refractivity contribution >= 4 is 29.1 Å². The molecule has 3 aliphatic rings. The smallest absolute Gasteiger partial charge is 0.253 e. The van der Waals surface area contributed by atoms with E-state index in [2.05, 4.69) is 11.9 Å². The second kappa shape index (κ2) is 5.55. The standard InChI is InChI=1S/C15H18Cl2N2O/c1-18-7-10-2-4-12(18)9-19(8-10)15(20)11-3-5-13(16)14(17)6-11/h3,5-6,10,12H,2,4,7-9H2,1H3/t10-,12-/m1/s1. The van der Waals surface area contributed by atoms with Gasteiger partial charge in [0.05, 0.1) is 10.0 Å². The maximum atomic E-state index is 12.6. The Labute approximate surface area is 129 Å². The van der Waals surface area contributed by atoms with Crippen molar-refractivity contribution in [2.75, 3.05) is 26.7 Å². The number of piperidine rings is 1. The number of carbonyl (C=O) groups excluding carboxylic acids is 1. The summed E-state index contributed by atoms with van der Waals surface area (Å²) in [6.45, 7) is 2.75. The Bertz CT molecular complexity index is 535. The van der Waals surface area contributed by atoms with Gasteiger partial charge >= 0.3 is 0 Å². The van der Waals surface area contributed by atoms with Gasteiger partial charge in [0.15, 0.2) is 0 Å². The zero-order chi connectivity index (χ0) is 14.3. The monoisotopic (exact) mass is 312 g/mol. The lowest BCUT2D eigenvalue weighted by atomic mass is 9.96. The summed E-state index contributed by atoms with van der Waals surface area (Å²) in [5.74, 6) is 0.654. The molecule has 0 unspecified atom stereocenters. The highest BCUT2D eigenvalue weighted by Gasteiger charge is 2.34. The van der Waals surface area contributed by atoms with Crippen molar-refractivity contribution in [3.8, 4) is 0 Å². The molecule has 3 saturated heterocycles. The van der Waals surface area contributed by atoms with Crippen LogP contribution in [0.3, 0.4) is 0 Å². The van der Waals surface area contributed by atoms with E-state index in [1.807, 2.05) is 4.90 Å². The molecule has 3 aliphatic heterocycles. The highest BCUT2D eigenvalue weighted by atomic mass is 35.5. The SMILES string of the molecule is CN1C[C@H]2CC[C@@H]1CN(C(=O)c1ccc(Cl)c(Cl)c1)C2. The predicted molar refractivity (Wildman–Crippen MR) is 81.5 cm³/mol. The van der Waals surface area contributed by atoms with Crippen molar-refractivity contribution in [3.63, 3.8) is 0 Å². The van der Waals surface area contributed by atoms with Crippen LogP contribution in [0.2, 0.25) is 10.0 Å². The van der Waals surface area contributed by atoms with Crippen molar-refractivity contribution < 1.29 is 4.79 Å². The first kappa shape index (κ1) is 14.2.